The molecule has 0 aromatic carbocycles. The zero-order valence-electron chi connectivity index (χ0n) is 18.9. The number of likely N-dealkylation sites (tertiary alicyclic amines) is 1. The first-order valence-electron chi connectivity index (χ1n) is 10.5. The molecule has 0 radical (unpaired) electrons. The first-order chi connectivity index (χ1) is 12.8. The average molecular weight is 505 g/mol. The summed E-state index contributed by atoms with van der Waals surface area (Å²) in [7, 11) is 3.87. The van der Waals surface area contributed by atoms with Crippen LogP contribution in [0.15, 0.2) is 4.99 Å². The van der Waals surface area contributed by atoms with Crippen LogP contribution in [-0.2, 0) is 13.5 Å². The summed E-state index contributed by atoms with van der Waals surface area (Å²) >= 11 is 0. The molecule has 0 spiro atoms. The molecule has 1 saturated heterocycles. The number of guanidine groups is 1. The molecule has 2 atom stereocenters. The first kappa shape index (κ1) is 25.2. The summed E-state index contributed by atoms with van der Waals surface area (Å²) in [5.74, 6) is 1.62. The fourth-order valence-corrected chi connectivity index (χ4v) is 4.11. The number of nitrogens with zero attached hydrogens (tertiary/aromatic N) is 4. The molecule has 0 amide bonds. The summed E-state index contributed by atoms with van der Waals surface area (Å²) < 4.78 is 1.97. The molecule has 1 aromatic rings. The zero-order valence-corrected chi connectivity index (χ0v) is 21.2. The first-order valence-corrected chi connectivity index (χ1v) is 10.5. The second kappa shape index (κ2) is 12.0. The van der Waals surface area contributed by atoms with Crippen molar-refractivity contribution < 1.29 is 0 Å². The van der Waals surface area contributed by atoms with Gasteiger partial charge in [0, 0.05) is 45.0 Å². The minimum absolute atomic E-state index is 0. The van der Waals surface area contributed by atoms with Crippen LogP contribution in [0.5, 0.6) is 0 Å². The Morgan fingerprint density at radius 2 is 1.96 bits per heavy atom. The average Bonchev–Trinajstić information content (AvgIpc) is 2.85. The molecule has 162 valence electrons. The molecule has 2 rings (SSSR count). The van der Waals surface area contributed by atoms with Gasteiger partial charge in [0.25, 0.3) is 0 Å². The van der Waals surface area contributed by atoms with Crippen molar-refractivity contribution in [2.45, 2.75) is 72.4 Å². The van der Waals surface area contributed by atoms with Crippen LogP contribution in [0.2, 0.25) is 0 Å². The number of hydrogen-bond acceptors (Lipinski definition) is 3. The van der Waals surface area contributed by atoms with Crippen LogP contribution in [0.1, 0.15) is 57.0 Å². The second-order valence-corrected chi connectivity index (χ2v) is 8.51. The van der Waals surface area contributed by atoms with Gasteiger partial charge in [-0.3, -0.25) is 14.6 Å². The van der Waals surface area contributed by atoms with Crippen LogP contribution in [0.3, 0.4) is 0 Å². The monoisotopic (exact) mass is 504 g/mol. The summed E-state index contributed by atoms with van der Waals surface area (Å²) in [6, 6.07) is 0.911. The van der Waals surface area contributed by atoms with Gasteiger partial charge in [0.2, 0.25) is 0 Å². The predicted molar refractivity (Wildman–Crippen MR) is 130 cm³/mol. The van der Waals surface area contributed by atoms with Gasteiger partial charge in [-0.15, -0.1) is 24.0 Å². The number of nitrogens with one attached hydrogen (secondary N) is 2. The van der Waals surface area contributed by atoms with Gasteiger partial charge >= 0.3 is 0 Å². The molecule has 2 N–H and O–H groups in total. The van der Waals surface area contributed by atoms with E-state index in [1.807, 2.05) is 18.8 Å². The molecule has 2 unspecified atom stereocenters. The van der Waals surface area contributed by atoms with E-state index in [0.29, 0.717) is 18.0 Å². The van der Waals surface area contributed by atoms with Gasteiger partial charge in [-0.25, -0.2) is 0 Å². The van der Waals surface area contributed by atoms with Gasteiger partial charge in [-0.2, -0.15) is 5.10 Å². The van der Waals surface area contributed by atoms with E-state index in [1.54, 1.807) is 0 Å². The molecule has 1 aromatic heterocycles. The molecule has 6 nitrogen and oxygen atoms in total. The zero-order chi connectivity index (χ0) is 20.0. The van der Waals surface area contributed by atoms with Crippen LogP contribution in [0, 0.1) is 19.8 Å². The normalized spacial score (nSPS) is 19.4. The van der Waals surface area contributed by atoms with Crippen molar-refractivity contribution in [3.63, 3.8) is 0 Å². The highest BCUT2D eigenvalue weighted by Crippen LogP contribution is 2.18. The molecular formula is C21H41IN6. The number of rotatable bonds is 7. The molecule has 2 heterocycles. The lowest BCUT2D eigenvalue weighted by molar-refractivity contribution is 0.133. The third-order valence-corrected chi connectivity index (χ3v) is 5.63. The number of aryl methyl sites for hydroxylation is 2. The van der Waals surface area contributed by atoms with Crippen LogP contribution in [-0.4, -0.2) is 59.4 Å². The van der Waals surface area contributed by atoms with Crippen molar-refractivity contribution in [1.29, 1.82) is 0 Å². The largest absolute Gasteiger partial charge is 0.355 e. The van der Waals surface area contributed by atoms with E-state index in [2.05, 4.69) is 60.2 Å². The fourth-order valence-electron chi connectivity index (χ4n) is 4.11. The summed E-state index contributed by atoms with van der Waals surface area (Å²) in [6.45, 7) is 14.4. The van der Waals surface area contributed by atoms with Crippen LogP contribution in [0.25, 0.3) is 0 Å². The Morgan fingerprint density at radius 1 is 1.25 bits per heavy atom. The summed E-state index contributed by atoms with van der Waals surface area (Å²) in [4.78, 5) is 7.10. The Morgan fingerprint density at radius 3 is 2.54 bits per heavy atom. The van der Waals surface area contributed by atoms with Gasteiger partial charge in [0.1, 0.15) is 0 Å². The Bertz CT molecular complexity index is 625. The van der Waals surface area contributed by atoms with Crippen molar-refractivity contribution in [3.8, 4) is 0 Å². The second-order valence-electron chi connectivity index (χ2n) is 8.51. The maximum atomic E-state index is 4.53. The number of piperidine rings is 1. The number of aromatic nitrogens is 2. The minimum Gasteiger partial charge on any atom is -0.355 e. The maximum absolute atomic E-state index is 4.53. The van der Waals surface area contributed by atoms with E-state index < -0.39 is 0 Å². The molecular weight excluding hydrogens is 463 g/mol. The highest BCUT2D eigenvalue weighted by molar-refractivity contribution is 14.0. The van der Waals surface area contributed by atoms with E-state index >= 15 is 0 Å². The quantitative estimate of drug-likeness (QED) is 0.340. The van der Waals surface area contributed by atoms with Crippen LogP contribution in [0.4, 0.5) is 0 Å². The summed E-state index contributed by atoms with van der Waals surface area (Å²) in [5.41, 5.74) is 3.71. The van der Waals surface area contributed by atoms with Gasteiger partial charge in [0.05, 0.1) is 5.69 Å². The molecule has 0 saturated carbocycles. The minimum atomic E-state index is 0. The summed E-state index contributed by atoms with van der Waals surface area (Å²) in [6.07, 6.45) is 4.90. The van der Waals surface area contributed by atoms with Crippen molar-refractivity contribution in [1.82, 2.24) is 25.3 Å². The van der Waals surface area contributed by atoms with E-state index in [1.165, 1.54) is 43.6 Å². The molecule has 1 aliphatic rings. The topological polar surface area (TPSA) is 57.5 Å². The van der Waals surface area contributed by atoms with Gasteiger partial charge in [0.15, 0.2) is 5.96 Å². The Balaban J connectivity index is 0.00000392. The smallest absolute Gasteiger partial charge is 0.191 e. The Labute approximate surface area is 189 Å². The lowest BCUT2D eigenvalue weighted by Crippen LogP contribution is -2.51. The predicted octanol–water partition coefficient (Wildman–Crippen LogP) is 3.26. The van der Waals surface area contributed by atoms with Crippen molar-refractivity contribution in [2.75, 3.05) is 26.7 Å². The van der Waals surface area contributed by atoms with E-state index in [9.17, 15) is 0 Å². The SMILES string of the molecule is CN=C(NCC1CCCCN1CC(C)C)NC(C)Cc1c(C)nn(C)c1C.I. The Kier molecular flexibility index (Phi) is 10.8. The number of halogens is 1. The Hall–Kier alpha value is -0.830. The third kappa shape index (κ3) is 7.21. The fraction of sp³-hybridized carbons (Fsp3) is 0.810. The van der Waals surface area contributed by atoms with Crippen molar-refractivity contribution in [2.24, 2.45) is 18.0 Å². The van der Waals surface area contributed by atoms with Crippen molar-refractivity contribution in [3.05, 3.63) is 17.0 Å². The third-order valence-electron chi connectivity index (χ3n) is 5.63. The van der Waals surface area contributed by atoms with Gasteiger partial charge in [-0.1, -0.05) is 20.3 Å². The highest BCUT2D eigenvalue weighted by Gasteiger charge is 2.23. The number of hydrogen-bond donors (Lipinski definition) is 2. The van der Waals surface area contributed by atoms with Crippen LogP contribution >= 0.6 is 24.0 Å². The van der Waals surface area contributed by atoms with E-state index in [4.69, 9.17) is 0 Å². The molecule has 0 aliphatic carbocycles. The molecule has 7 heteroatoms. The van der Waals surface area contributed by atoms with Gasteiger partial charge < -0.3 is 10.6 Å². The molecule has 28 heavy (non-hydrogen) atoms. The van der Waals surface area contributed by atoms with Crippen LogP contribution < -0.4 is 10.6 Å². The highest BCUT2D eigenvalue weighted by atomic mass is 127. The standard InChI is InChI=1S/C21H40N6.HI/c1-15(2)14-27-11-9-8-10-19(27)13-23-21(22-6)24-16(3)12-20-17(4)25-26(7)18(20)5;/h15-16,19H,8-14H2,1-7H3,(H2,22,23,24);1H. The molecule has 1 fully saturated rings. The lowest BCUT2D eigenvalue weighted by Gasteiger charge is -2.37. The van der Waals surface area contributed by atoms with E-state index in [0.717, 1.165) is 24.6 Å². The van der Waals surface area contributed by atoms with Gasteiger partial charge in [-0.05, 0) is 58.1 Å². The lowest BCUT2D eigenvalue weighted by atomic mass is 10.0. The summed E-state index contributed by atoms with van der Waals surface area (Å²) in [5, 5.41) is 11.7. The molecule has 1 aliphatic heterocycles. The van der Waals surface area contributed by atoms with E-state index in [-0.39, 0.29) is 24.0 Å². The maximum Gasteiger partial charge on any atom is 0.191 e. The molecule has 0 bridgehead atoms. The number of aliphatic imine (C=N–C) groups is 1. The van der Waals surface area contributed by atoms with Crippen molar-refractivity contribution >= 4 is 29.9 Å².